The SMILES string of the molecule is C=C/C=C\C(=C/C)N(c1ccc2c(c1)C1C=CC=CC1c1ccccc1-2)c1ccc2c(c1)[nH]c1ccccc12. The highest BCUT2D eigenvalue weighted by Gasteiger charge is 2.32. The van der Waals surface area contributed by atoms with Crippen LogP contribution in [-0.2, 0) is 0 Å². The Hall–Kier alpha value is -4.82. The van der Waals surface area contributed by atoms with Crippen molar-refractivity contribution >= 4 is 33.2 Å². The molecule has 1 N–H and O–H groups in total. The standard InChI is InChI=1S/C37H30N2/c1-3-5-12-25(4-2)39(27-20-22-34-33-17-10-11-18-36(33)38-37(34)24-27)26-19-21-32-30-15-7-6-13-28(30)29-14-8-9-16-31(29)35(32)23-26/h3-24,29,31,38H,1H2,2H3/b12-5-,25-4+. The number of hydrogen-bond acceptors (Lipinski definition) is 1. The van der Waals surface area contributed by atoms with Gasteiger partial charge in [-0.3, -0.25) is 0 Å². The molecule has 0 saturated carbocycles. The molecule has 0 aliphatic heterocycles. The molecule has 0 bridgehead atoms. The molecule has 2 aliphatic rings. The quantitative estimate of drug-likeness (QED) is 0.237. The molecule has 0 spiro atoms. The second-order valence-corrected chi connectivity index (χ2v) is 10.2. The zero-order chi connectivity index (χ0) is 26.3. The minimum Gasteiger partial charge on any atom is -0.354 e. The summed E-state index contributed by atoms with van der Waals surface area (Å²) in [4.78, 5) is 5.98. The van der Waals surface area contributed by atoms with Crippen molar-refractivity contribution in [2.75, 3.05) is 4.90 Å². The number of aromatic nitrogens is 1. The van der Waals surface area contributed by atoms with Crippen LogP contribution in [0.3, 0.4) is 0 Å². The third-order valence-corrected chi connectivity index (χ3v) is 8.10. The zero-order valence-electron chi connectivity index (χ0n) is 22.0. The Kier molecular flexibility index (Phi) is 5.67. The number of hydrogen-bond donors (Lipinski definition) is 1. The van der Waals surface area contributed by atoms with E-state index < -0.39 is 0 Å². The van der Waals surface area contributed by atoms with E-state index in [4.69, 9.17) is 0 Å². The second-order valence-electron chi connectivity index (χ2n) is 10.2. The maximum Gasteiger partial charge on any atom is 0.0485 e. The summed E-state index contributed by atoms with van der Waals surface area (Å²) in [5, 5.41) is 2.49. The van der Waals surface area contributed by atoms with E-state index in [9.17, 15) is 0 Å². The van der Waals surface area contributed by atoms with Crippen LogP contribution in [-0.4, -0.2) is 4.98 Å². The van der Waals surface area contributed by atoms with E-state index in [1.54, 1.807) is 0 Å². The monoisotopic (exact) mass is 502 g/mol. The lowest BCUT2D eigenvalue weighted by Gasteiger charge is -2.35. The number of allylic oxidation sites excluding steroid dienone is 8. The Balaban J connectivity index is 1.42. The van der Waals surface area contributed by atoms with E-state index >= 15 is 0 Å². The molecule has 2 unspecified atom stereocenters. The van der Waals surface area contributed by atoms with Crippen LogP contribution < -0.4 is 4.90 Å². The Morgan fingerprint density at radius 2 is 1.44 bits per heavy atom. The van der Waals surface area contributed by atoms with E-state index in [-0.39, 0.29) is 0 Å². The van der Waals surface area contributed by atoms with Gasteiger partial charge in [0.2, 0.25) is 0 Å². The summed E-state index contributed by atoms with van der Waals surface area (Å²) < 4.78 is 0. The summed E-state index contributed by atoms with van der Waals surface area (Å²) in [6.07, 6.45) is 17.2. The summed E-state index contributed by atoms with van der Waals surface area (Å²) in [6, 6.07) is 31.1. The molecule has 2 heteroatoms. The highest BCUT2D eigenvalue weighted by atomic mass is 15.1. The number of H-pyrrole nitrogens is 1. The first-order valence-electron chi connectivity index (χ1n) is 13.6. The van der Waals surface area contributed by atoms with Crippen LogP contribution in [0.5, 0.6) is 0 Å². The van der Waals surface area contributed by atoms with Gasteiger partial charge in [0.05, 0.1) is 0 Å². The lowest BCUT2D eigenvalue weighted by molar-refractivity contribution is 0.720. The van der Waals surface area contributed by atoms with Gasteiger partial charge in [-0.05, 0) is 65.6 Å². The van der Waals surface area contributed by atoms with Crippen LogP contribution >= 0.6 is 0 Å². The van der Waals surface area contributed by atoms with E-state index in [0.717, 1.165) is 28.1 Å². The minimum atomic E-state index is 0.315. The molecule has 4 aromatic carbocycles. The molecule has 0 amide bonds. The fraction of sp³-hybridized carbons (Fsp3) is 0.0811. The molecule has 188 valence electrons. The Bertz CT molecular complexity index is 1860. The molecule has 0 fully saturated rings. The first-order valence-corrected chi connectivity index (χ1v) is 13.6. The Morgan fingerprint density at radius 1 is 0.744 bits per heavy atom. The van der Waals surface area contributed by atoms with Crippen molar-refractivity contribution in [3.8, 4) is 11.1 Å². The Labute approximate surface area is 229 Å². The van der Waals surface area contributed by atoms with Gasteiger partial charge in [-0.2, -0.15) is 0 Å². The Morgan fingerprint density at radius 3 is 2.28 bits per heavy atom. The number of nitrogens with zero attached hydrogens (tertiary/aromatic N) is 1. The number of para-hydroxylation sites is 1. The summed E-state index contributed by atoms with van der Waals surface area (Å²) in [5.74, 6) is 0.669. The third kappa shape index (κ3) is 3.80. The molecule has 2 nitrogen and oxygen atoms in total. The number of rotatable bonds is 5. The number of aromatic amines is 1. The highest BCUT2D eigenvalue weighted by Crippen LogP contribution is 2.50. The normalized spacial score (nSPS) is 17.8. The van der Waals surface area contributed by atoms with Gasteiger partial charge in [-0.1, -0.05) is 104 Å². The van der Waals surface area contributed by atoms with Gasteiger partial charge in [0, 0.05) is 50.7 Å². The average molecular weight is 503 g/mol. The second kappa shape index (κ2) is 9.49. The van der Waals surface area contributed by atoms with Gasteiger partial charge in [0.15, 0.2) is 0 Å². The van der Waals surface area contributed by atoms with E-state index in [1.807, 2.05) is 12.2 Å². The van der Waals surface area contributed by atoms with Crippen molar-refractivity contribution in [2.45, 2.75) is 18.8 Å². The van der Waals surface area contributed by atoms with Gasteiger partial charge in [0.25, 0.3) is 0 Å². The van der Waals surface area contributed by atoms with Crippen molar-refractivity contribution in [1.29, 1.82) is 0 Å². The van der Waals surface area contributed by atoms with Crippen LogP contribution in [0.2, 0.25) is 0 Å². The molecule has 0 radical (unpaired) electrons. The zero-order valence-corrected chi connectivity index (χ0v) is 22.0. The van der Waals surface area contributed by atoms with E-state index in [1.165, 1.54) is 33.0 Å². The van der Waals surface area contributed by atoms with E-state index in [0.29, 0.717) is 11.8 Å². The van der Waals surface area contributed by atoms with Crippen molar-refractivity contribution in [2.24, 2.45) is 0 Å². The van der Waals surface area contributed by atoms with Crippen molar-refractivity contribution in [1.82, 2.24) is 4.98 Å². The predicted octanol–water partition coefficient (Wildman–Crippen LogP) is 10.1. The van der Waals surface area contributed by atoms with Gasteiger partial charge in [-0.25, -0.2) is 0 Å². The lowest BCUT2D eigenvalue weighted by atomic mass is 9.70. The van der Waals surface area contributed by atoms with Gasteiger partial charge < -0.3 is 9.88 Å². The maximum absolute atomic E-state index is 3.91. The summed E-state index contributed by atoms with van der Waals surface area (Å²) >= 11 is 0. The molecule has 5 aromatic rings. The van der Waals surface area contributed by atoms with Crippen LogP contribution in [0.4, 0.5) is 11.4 Å². The van der Waals surface area contributed by atoms with Crippen molar-refractivity contribution in [3.63, 3.8) is 0 Å². The molecule has 39 heavy (non-hydrogen) atoms. The lowest BCUT2D eigenvalue weighted by Crippen LogP contribution is -2.19. The summed E-state index contributed by atoms with van der Waals surface area (Å²) in [5.41, 5.74) is 11.1. The topological polar surface area (TPSA) is 19.0 Å². The first kappa shape index (κ1) is 23.3. The maximum atomic E-state index is 3.91. The number of fused-ring (bicyclic) bond motifs is 9. The number of nitrogens with one attached hydrogen (secondary N) is 1. The molecule has 1 heterocycles. The van der Waals surface area contributed by atoms with E-state index in [2.05, 4.69) is 145 Å². The molecular weight excluding hydrogens is 472 g/mol. The molecule has 2 aliphatic carbocycles. The first-order chi connectivity index (χ1) is 19.3. The van der Waals surface area contributed by atoms with Crippen LogP contribution in [0.15, 0.2) is 146 Å². The third-order valence-electron chi connectivity index (χ3n) is 8.10. The fourth-order valence-corrected chi connectivity index (χ4v) is 6.34. The molecule has 0 saturated heterocycles. The summed E-state index contributed by atoms with van der Waals surface area (Å²) in [7, 11) is 0. The van der Waals surface area contributed by atoms with Gasteiger partial charge >= 0.3 is 0 Å². The van der Waals surface area contributed by atoms with Crippen molar-refractivity contribution < 1.29 is 0 Å². The van der Waals surface area contributed by atoms with Crippen LogP contribution in [0, 0.1) is 0 Å². The molecule has 2 atom stereocenters. The predicted molar refractivity (Wildman–Crippen MR) is 167 cm³/mol. The smallest absolute Gasteiger partial charge is 0.0485 e. The van der Waals surface area contributed by atoms with Crippen LogP contribution in [0.25, 0.3) is 32.9 Å². The number of anilines is 2. The number of benzene rings is 4. The van der Waals surface area contributed by atoms with Crippen LogP contribution in [0.1, 0.15) is 29.9 Å². The van der Waals surface area contributed by atoms with Gasteiger partial charge in [0.1, 0.15) is 0 Å². The fourth-order valence-electron chi connectivity index (χ4n) is 6.34. The molecule has 1 aromatic heterocycles. The molecular formula is C37H30N2. The van der Waals surface area contributed by atoms with Gasteiger partial charge in [-0.15, -0.1) is 0 Å². The highest BCUT2D eigenvalue weighted by molar-refractivity contribution is 6.08. The minimum absolute atomic E-state index is 0.315. The average Bonchev–Trinajstić information content (AvgIpc) is 3.37. The van der Waals surface area contributed by atoms with Crippen molar-refractivity contribution in [3.05, 3.63) is 157 Å². The summed E-state index contributed by atoms with van der Waals surface area (Å²) in [6.45, 7) is 6.00. The molecule has 7 rings (SSSR count). The largest absolute Gasteiger partial charge is 0.354 e.